The molecule has 3 aromatic rings. The number of hydrogen-bond acceptors (Lipinski definition) is 8. The average Bonchev–Trinajstić information content (AvgIpc) is 3.40. The molecule has 0 saturated carbocycles. The highest BCUT2D eigenvalue weighted by Crippen LogP contribution is 2.34. The first-order valence-corrected chi connectivity index (χ1v) is 13.8. The number of rotatable bonds is 7. The van der Waals surface area contributed by atoms with Crippen LogP contribution in [0.5, 0.6) is 5.75 Å². The van der Waals surface area contributed by atoms with Crippen molar-refractivity contribution in [2.75, 3.05) is 36.4 Å². The molecule has 0 radical (unpaired) electrons. The van der Waals surface area contributed by atoms with Crippen LogP contribution in [0.25, 0.3) is 16.6 Å². The summed E-state index contributed by atoms with van der Waals surface area (Å²) >= 11 is 0. The van der Waals surface area contributed by atoms with E-state index in [2.05, 4.69) is 20.4 Å². The normalized spacial score (nSPS) is 22.6. The Hall–Kier alpha value is -4.37. The Bertz CT molecular complexity index is 1610. The summed E-state index contributed by atoms with van der Waals surface area (Å²) in [6.45, 7) is 3.87. The Morgan fingerprint density at radius 2 is 1.84 bits per heavy atom. The first-order valence-electron chi connectivity index (χ1n) is 13.8. The molecule has 228 valence electrons. The number of nitrogens with one attached hydrogen (secondary N) is 2. The molecule has 4 aliphatic rings. The Balaban J connectivity index is 1.26. The van der Waals surface area contributed by atoms with Gasteiger partial charge in [0, 0.05) is 38.3 Å². The minimum atomic E-state index is -5.00. The summed E-state index contributed by atoms with van der Waals surface area (Å²) in [5, 5.41) is 14.3. The lowest BCUT2D eigenvalue weighted by molar-refractivity contribution is -0.274. The zero-order valence-corrected chi connectivity index (χ0v) is 23.0. The van der Waals surface area contributed by atoms with Crippen molar-refractivity contribution in [3.63, 3.8) is 0 Å². The molecule has 4 unspecified atom stereocenters. The third-order valence-corrected chi connectivity index (χ3v) is 8.06. The van der Waals surface area contributed by atoms with Gasteiger partial charge in [-0.1, -0.05) is 0 Å². The quantitative estimate of drug-likeness (QED) is 0.373. The summed E-state index contributed by atoms with van der Waals surface area (Å²) in [4.78, 5) is 45.8. The molecule has 2 bridgehead atoms. The van der Waals surface area contributed by atoms with Crippen molar-refractivity contribution in [3.8, 4) is 11.4 Å². The first kappa shape index (κ1) is 28.7. The van der Waals surface area contributed by atoms with E-state index in [1.54, 1.807) is 25.1 Å². The largest absolute Gasteiger partial charge is 0.573 e. The van der Waals surface area contributed by atoms with E-state index in [-0.39, 0.29) is 35.0 Å². The number of carbonyl (C=O) groups excluding carboxylic acids is 1. The van der Waals surface area contributed by atoms with Gasteiger partial charge in [-0.25, -0.2) is 9.78 Å². The number of morpholine rings is 1. The van der Waals surface area contributed by atoms with Gasteiger partial charge >= 0.3 is 12.5 Å². The second-order valence-corrected chi connectivity index (χ2v) is 11.0. The molecule has 2 amide bonds. The number of benzene rings is 2. The van der Waals surface area contributed by atoms with Crippen LogP contribution in [0.15, 0.2) is 47.5 Å². The monoisotopic (exact) mass is 602 g/mol. The second-order valence-electron chi connectivity index (χ2n) is 11.0. The smallest absolute Gasteiger partial charge is 0.465 e. The molecule has 4 atom stereocenters. The molecule has 5 heterocycles. The number of fused-ring (bicyclic) bond motifs is 3. The van der Waals surface area contributed by atoms with E-state index in [1.165, 1.54) is 23.0 Å². The molecule has 1 aromatic heterocycles. The van der Waals surface area contributed by atoms with Crippen molar-refractivity contribution in [3.05, 3.63) is 53.1 Å². The van der Waals surface area contributed by atoms with Gasteiger partial charge in [0.1, 0.15) is 6.33 Å². The summed E-state index contributed by atoms with van der Waals surface area (Å²) in [5.74, 6) is -1.14. The van der Waals surface area contributed by atoms with Crippen molar-refractivity contribution in [1.29, 1.82) is 0 Å². The van der Waals surface area contributed by atoms with Crippen molar-refractivity contribution in [2.24, 2.45) is 0 Å². The lowest BCUT2D eigenvalue weighted by Gasteiger charge is -2.48. The molecule has 12 nitrogen and oxygen atoms in total. The van der Waals surface area contributed by atoms with Gasteiger partial charge < -0.3 is 30.1 Å². The van der Waals surface area contributed by atoms with Crippen LogP contribution in [0.4, 0.5) is 29.3 Å². The van der Waals surface area contributed by atoms with Crippen LogP contribution in [0.1, 0.15) is 19.8 Å². The summed E-state index contributed by atoms with van der Waals surface area (Å²) in [6, 6.07) is 7.78. The number of aromatic nitrogens is 2. The number of amides is 2. The molecule has 4 saturated heterocycles. The maximum atomic E-state index is 13.4. The molecule has 2 aromatic carbocycles. The van der Waals surface area contributed by atoms with Crippen LogP contribution in [-0.4, -0.2) is 88.4 Å². The van der Waals surface area contributed by atoms with Crippen LogP contribution in [0.3, 0.4) is 0 Å². The zero-order chi connectivity index (χ0) is 30.5. The lowest BCUT2D eigenvalue weighted by Crippen LogP contribution is -2.61. The molecule has 0 aliphatic carbocycles. The van der Waals surface area contributed by atoms with Gasteiger partial charge in [-0.15, -0.1) is 13.2 Å². The van der Waals surface area contributed by atoms with Crippen molar-refractivity contribution >= 4 is 34.3 Å². The summed E-state index contributed by atoms with van der Waals surface area (Å²) in [5.41, 5.74) is 0.640. The number of nitrogens with zero attached hydrogens (tertiary/aromatic N) is 4. The predicted molar refractivity (Wildman–Crippen MR) is 149 cm³/mol. The van der Waals surface area contributed by atoms with Gasteiger partial charge in [-0.05, 0) is 49.7 Å². The zero-order valence-electron chi connectivity index (χ0n) is 23.0. The topological polar surface area (TPSA) is 138 Å². The fourth-order valence-corrected chi connectivity index (χ4v) is 5.86. The number of anilines is 2. The standard InChI is InChI=1S/C28H29F3N6O6/c1-15(36-12-19-10-20(13-36)42-19)25(38)34-23-9-18(3-5-24(23)43-28(29,30)31)37-14-32-22-8-17(2-4-21(22)26(37)39)35-7-6-16(11-35)33-27(40)41/h2-5,8-9,14-16,19-20,33H,6-7,10-13H2,1H3,(H,34,38)(H,40,41). The van der Waals surface area contributed by atoms with Gasteiger partial charge in [0.05, 0.1) is 46.6 Å². The number of ether oxygens (including phenoxy) is 2. The van der Waals surface area contributed by atoms with Crippen molar-refractivity contribution < 1.29 is 37.3 Å². The van der Waals surface area contributed by atoms with Gasteiger partial charge in [0.2, 0.25) is 5.91 Å². The van der Waals surface area contributed by atoms with Crippen molar-refractivity contribution in [1.82, 2.24) is 19.8 Å². The summed E-state index contributed by atoms with van der Waals surface area (Å²) in [6.07, 6.45) is -3.17. The number of halogens is 3. The van der Waals surface area contributed by atoms with Gasteiger partial charge in [-0.2, -0.15) is 0 Å². The highest BCUT2D eigenvalue weighted by Gasteiger charge is 2.41. The third-order valence-electron chi connectivity index (χ3n) is 8.06. The number of carbonyl (C=O) groups is 2. The van der Waals surface area contributed by atoms with Crippen LogP contribution in [0, 0.1) is 0 Å². The second kappa shape index (κ2) is 11.0. The Morgan fingerprint density at radius 3 is 2.53 bits per heavy atom. The van der Waals surface area contributed by atoms with Gasteiger partial charge in [0.25, 0.3) is 5.56 Å². The van der Waals surface area contributed by atoms with Gasteiger partial charge in [-0.3, -0.25) is 19.1 Å². The van der Waals surface area contributed by atoms with E-state index < -0.39 is 35.7 Å². The van der Waals surface area contributed by atoms with Gasteiger partial charge in [0.15, 0.2) is 5.75 Å². The number of piperidine rings is 1. The van der Waals surface area contributed by atoms with Crippen LogP contribution in [0.2, 0.25) is 0 Å². The molecule has 0 spiro atoms. The van der Waals surface area contributed by atoms with E-state index in [0.717, 1.165) is 18.2 Å². The minimum absolute atomic E-state index is 0.0472. The molecule has 15 heteroatoms. The van der Waals surface area contributed by atoms with E-state index in [1.807, 2.05) is 9.80 Å². The minimum Gasteiger partial charge on any atom is -0.465 e. The van der Waals surface area contributed by atoms with E-state index in [9.17, 15) is 27.6 Å². The third kappa shape index (κ3) is 6.08. The van der Waals surface area contributed by atoms with Crippen LogP contribution in [-0.2, 0) is 9.53 Å². The predicted octanol–water partition coefficient (Wildman–Crippen LogP) is 2.93. The highest BCUT2D eigenvalue weighted by atomic mass is 19.4. The fraction of sp³-hybridized carbons (Fsp3) is 0.429. The molecule has 7 rings (SSSR count). The molecular weight excluding hydrogens is 573 g/mol. The SMILES string of the molecule is CC(C(=O)Nc1cc(-n2cnc3cc(N4CCC(NC(=O)O)C4)ccc3c2=O)ccc1OC(F)(F)F)N1CC2CC(C1)O2. The molecular formula is C28H29F3N6O6. The van der Waals surface area contributed by atoms with Crippen LogP contribution >= 0.6 is 0 Å². The first-order chi connectivity index (χ1) is 20.4. The molecule has 43 heavy (non-hydrogen) atoms. The molecule has 4 fully saturated rings. The number of carboxylic acid groups (broad SMARTS) is 1. The number of alkyl halides is 3. The summed E-state index contributed by atoms with van der Waals surface area (Å²) < 4.78 is 50.5. The van der Waals surface area contributed by atoms with Crippen LogP contribution < -0.4 is 25.8 Å². The maximum Gasteiger partial charge on any atom is 0.573 e. The van der Waals surface area contributed by atoms with E-state index in [0.29, 0.717) is 38.1 Å². The fourth-order valence-electron chi connectivity index (χ4n) is 5.86. The van der Waals surface area contributed by atoms with E-state index in [4.69, 9.17) is 9.84 Å². The maximum absolute atomic E-state index is 13.4. The lowest BCUT2D eigenvalue weighted by atomic mass is 9.97. The van der Waals surface area contributed by atoms with E-state index >= 15 is 0 Å². The highest BCUT2D eigenvalue weighted by molar-refractivity contribution is 5.96. The Morgan fingerprint density at radius 1 is 1.12 bits per heavy atom. The number of hydrogen-bond donors (Lipinski definition) is 3. The summed E-state index contributed by atoms with van der Waals surface area (Å²) in [7, 11) is 0. The molecule has 4 aliphatic heterocycles. The average molecular weight is 603 g/mol. The Kier molecular flexibility index (Phi) is 7.38. The Labute approximate surface area is 243 Å². The molecule has 3 N–H and O–H groups in total. The van der Waals surface area contributed by atoms with Crippen molar-refractivity contribution in [2.45, 2.75) is 50.4 Å².